The summed E-state index contributed by atoms with van der Waals surface area (Å²) in [6.45, 7) is 4.93. The van der Waals surface area contributed by atoms with Crippen molar-refractivity contribution in [3.05, 3.63) is 60.3 Å². The number of benzene rings is 2. The van der Waals surface area contributed by atoms with Gasteiger partial charge in [-0.05, 0) is 49.1 Å². The van der Waals surface area contributed by atoms with Crippen LogP contribution >= 0.6 is 0 Å². The molecule has 0 spiro atoms. The molecule has 0 atom stereocenters. The molecule has 0 radical (unpaired) electrons. The van der Waals surface area contributed by atoms with E-state index in [1.807, 2.05) is 6.92 Å². The zero-order valence-corrected chi connectivity index (χ0v) is 16.5. The zero-order chi connectivity index (χ0) is 19.8. The highest BCUT2D eigenvalue weighted by atomic mass is 16.5. The maximum absolute atomic E-state index is 10.0. The van der Waals surface area contributed by atoms with Gasteiger partial charge in [-0.25, -0.2) is 4.99 Å². The van der Waals surface area contributed by atoms with Crippen LogP contribution in [0.5, 0.6) is 11.5 Å². The molecular weight excluding hydrogens is 352 g/mol. The summed E-state index contributed by atoms with van der Waals surface area (Å²) in [5, 5.41) is 17.9. The van der Waals surface area contributed by atoms with E-state index < -0.39 is 0 Å². The summed E-state index contributed by atoms with van der Waals surface area (Å²) in [7, 11) is 1.61. The highest BCUT2D eigenvalue weighted by Crippen LogP contribution is 2.23. The van der Waals surface area contributed by atoms with E-state index in [0.717, 1.165) is 37.6 Å². The Morgan fingerprint density at radius 1 is 1.14 bits per heavy atom. The van der Waals surface area contributed by atoms with Crippen molar-refractivity contribution in [3.63, 3.8) is 0 Å². The average Bonchev–Trinajstić information content (AvgIpc) is 3.13. The maximum atomic E-state index is 10.0. The van der Waals surface area contributed by atoms with Gasteiger partial charge in [0.05, 0.1) is 13.7 Å². The number of nitrogens with one attached hydrogen (secondary N) is 2. The Labute approximate surface area is 165 Å². The first-order valence-corrected chi connectivity index (χ1v) is 9.63. The minimum Gasteiger partial charge on any atom is -0.508 e. The van der Waals surface area contributed by atoms with Crippen LogP contribution in [-0.4, -0.2) is 35.8 Å². The maximum Gasteiger partial charge on any atom is 0.191 e. The molecule has 0 aliphatic rings. The summed E-state index contributed by atoms with van der Waals surface area (Å²) < 4.78 is 7.49. The molecule has 28 heavy (non-hydrogen) atoms. The summed E-state index contributed by atoms with van der Waals surface area (Å²) in [6, 6.07) is 15.7. The molecule has 6 nitrogen and oxygen atoms in total. The Balaban J connectivity index is 1.55. The first-order valence-electron chi connectivity index (χ1n) is 9.63. The van der Waals surface area contributed by atoms with Gasteiger partial charge >= 0.3 is 0 Å². The van der Waals surface area contributed by atoms with Crippen LogP contribution < -0.4 is 15.4 Å². The third-order valence-electron chi connectivity index (χ3n) is 4.59. The molecular formula is C22H28N4O2. The predicted molar refractivity (Wildman–Crippen MR) is 114 cm³/mol. The molecule has 2 aromatic carbocycles. The Hall–Kier alpha value is -3.15. The van der Waals surface area contributed by atoms with Gasteiger partial charge in [-0.3, -0.25) is 0 Å². The Morgan fingerprint density at radius 2 is 2.00 bits per heavy atom. The van der Waals surface area contributed by atoms with Gasteiger partial charge < -0.3 is 25.0 Å². The highest BCUT2D eigenvalue weighted by Gasteiger charge is 2.04. The second-order valence-electron chi connectivity index (χ2n) is 6.54. The average molecular weight is 380 g/mol. The number of phenols is 1. The van der Waals surface area contributed by atoms with Crippen molar-refractivity contribution < 1.29 is 9.84 Å². The molecule has 0 unspecified atom stereocenters. The number of fused-ring (bicyclic) bond motifs is 1. The summed E-state index contributed by atoms with van der Waals surface area (Å²) in [4.78, 5) is 4.58. The largest absolute Gasteiger partial charge is 0.508 e. The molecule has 6 heteroatoms. The summed E-state index contributed by atoms with van der Waals surface area (Å²) in [5.41, 5.74) is 1.99. The van der Waals surface area contributed by atoms with E-state index in [-0.39, 0.29) is 5.75 Å². The number of guanidine groups is 1. The molecule has 148 valence electrons. The number of ether oxygens (including phenoxy) is 1. The quantitative estimate of drug-likeness (QED) is 0.318. The number of nitrogens with zero attached hydrogens (tertiary/aromatic N) is 2. The van der Waals surface area contributed by atoms with Crippen molar-refractivity contribution in [2.24, 2.45) is 4.99 Å². The van der Waals surface area contributed by atoms with Gasteiger partial charge in [-0.2, -0.15) is 0 Å². The van der Waals surface area contributed by atoms with E-state index in [4.69, 9.17) is 4.74 Å². The van der Waals surface area contributed by atoms with Crippen molar-refractivity contribution >= 4 is 16.9 Å². The third kappa shape index (κ3) is 4.97. The second-order valence-corrected chi connectivity index (χ2v) is 6.54. The number of hydrogen-bond donors (Lipinski definition) is 3. The fourth-order valence-electron chi connectivity index (χ4n) is 3.11. The van der Waals surface area contributed by atoms with Gasteiger partial charge in [0.1, 0.15) is 11.5 Å². The van der Waals surface area contributed by atoms with Crippen molar-refractivity contribution in [2.45, 2.75) is 26.4 Å². The number of hydrogen-bond acceptors (Lipinski definition) is 3. The van der Waals surface area contributed by atoms with Gasteiger partial charge in [0.2, 0.25) is 0 Å². The third-order valence-corrected chi connectivity index (χ3v) is 4.59. The van der Waals surface area contributed by atoms with Crippen LogP contribution in [0.2, 0.25) is 0 Å². The summed E-state index contributed by atoms with van der Waals surface area (Å²) in [6.07, 6.45) is 3.11. The Bertz CT molecular complexity index is 933. The summed E-state index contributed by atoms with van der Waals surface area (Å²) >= 11 is 0. The van der Waals surface area contributed by atoms with Crippen LogP contribution in [0.3, 0.4) is 0 Å². The van der Waals surface area contributed by atoms with Crippen molar-refractivity contribution in [2.75, 3.05) is 20.2 Å². The number of para-hydroxylation sites is 1. The van der Waals surface area contributed by atoms with Crippen LogP contribution in [0.15, 0.2) is 59.7 Å². The van der Waals surface area contributed by atoms with Crippen LogP contribution in [0.1, 0.15) is 18.9 Å². The molecule has 0 aliphatic carbocycles. The monoisotopic (exact) mass is 380 g/mol. The number of methoxy groups -OCH3 is 1. The van der Waals surface area contributed by atoms with Gasteiger partial charge in [-0.1, -0.05) is 18.2 Å². The molecule has 0 saturated carbocycles. The van der Waals surface area contributed by atoms with Gasteiger partial charge in [0.25, 0.3) is 0 Å². The van der Waals surface area contributed by atoms with E-state index in [2.05, 4.69) is 56.7 Å². The lowest BCUT2D eigenvalue weighted by Gasteiger charge is -2.12. The minimum absolute atomic E-state index is 0.222. The second kappa shape index (κ2) is 9.69. The normalized spacial score (nSPS) is 11.6. The smallest absolute Gasteiger partial charge is 0.191 e. The molecule has 3 N–H and O–H groups in total. The first-order chi connectivity index (χ1) is 13.7. The highest BCUT2D eigenvalue weighted by molar-refractivity contribution is 5.80. The number of aryl methyl sites for hydroxylation is 1. The number of aromatic hydroxyl groups is 1. The fraction of sp³-hybridized carbons (Fsp3) is 0.318. The molecule has 0 bridgehead atoms. The number of phenolic OH excluding ortho intramolecular Hbond substituents is 1. The Morgan fingerprint density at radius 3 is 2.82 bits per heavy atom. The van der Waals surface area contributed by atoms with Gasteiger partial charge in [-0.15, -0.1) is 0 Å². The Kier molecular flexibility index (Phi) is 6.78. The van der Waals surface area contributed by atoms with Gasteiger partial charge in [0.15, 0.2) is 5.96 Å². The minimum atomic E-state index is 0.222. The number of aliphatic imine (C=N–C) groups is 1. The fourth-order valence-corrected chi connectivity index (χ4v) is 3.11. The molecule has 0 fully saturated rings. The van der Waals surface area contributed by atoms with E-state index in [9.17, 15) is 5.11 Å². The van der Waals surface area contributed by atoms with Crippen LogP contribution in [0, 0.1) is 0 Å². The van der Waals surface area contributed by atoms with E-state index in [1.165, 1.54) is 10.9 Å². The SMILES string of the molecule is CCNC(=NCc1cc(OC)ccc1O)NCCCn1ccc2ccccc21. The number of rotatable bonds is 8. The van der Waals surface area contributed by atoms with E-state index in [0.29, 0.717) is 12.3 Å². The first kappa shape index (κ1) is 19.6. The van der Waals surface area contributed by atoms with E-state index in [1.54, 1.807) is 25.3 Å². The molecule has 0 saturated heterocycles. The lowest BCUT2D eigenvalue weighted by atomic mass is 10.2. The van der Waals surface area contributed by atoms with Gasteiger partial charge in [0, 0.05) is 36.9 Å². The van der Waals surface area contributed by atoms with E-state index >= 15 is 0 Å². The predicted octanol–water partition coefficient (Wildman–Crippen LogP) is 3.50. The molecule has 0 aliphatic heterocycles. The lowest BCUT2D eigenvalue weighted by Crippen LogP contribution is -2.38. The lowest BCUT2D eigenvalue weighted by molar-refractivity contribution is 0.411. The van der Waals surface area contributed by atoms with Crippen LogP contribution in [-0.2, 0) is 13.1 Å². The number of aromatic nitrogens is 1. The standard InChI is InChI=1S/C22H28N4O2/c1-3-23-22(25-16-18-15-19(28-2)9-10-21(18)27)24-12-6-13-26-14-11-17-7-4-5-8-20(17)26/h4-5,7-11,14-15,27H,3,6,12-13,16H2,1-2H3,(H2,23,24,25). The zero-order valence-electron chi connectivity index (χ0n) is 16.5. The summed E-state index contributed by atoms with van der Waals surface area (Å²) in [5.74, 6) is 1.67. The molecule has 1 heterocycles. The van der Waals surface area contributed by atoms with Crippen molar-refractivity contribution in [1.82, 2.24) is 15.2 Å². The van der Waals surface area contributed by atoms with Crippen LogP contribution in [0.4, 0.5) is 0 Å². The molecule has 3 rings (SSSR count). The molecule has 1 aromatic heterocycles. The van der Waals surface area contributed by atoms with Crippen molar-refractivity contribution in [3.8, 4) is 11.5 Å². The van der Waals surface area contributed by atoms with Crippen molar-refractivity contribution in [1.29, 1.82) is 0 Å². The topological polar surface area (TPSA) is 70.8 Å². The molecule has 0 amide bonds. The van der Waals surface area contributed by atoms with Crippen LogP contribution in [0.25, 0.3) is 10.9 Å². The molecule has 3 aromatic rings.